The molecule has 25 heavy (non-hydrogen) atoms. The molecule has 0 heterocycles. The number of anilines is 1. The summed E-state index contributed by atoms with van der Waals surface area (Å²) in [5, 5.41) is 2.90. The van der Waals surface area contributed by atoms with Crippen molar-refractivity contribution >= 4 is 17.5 Å². The maximum Gasteiger partial charge on any atom is 0.244 e. The van der Waals surface area contributed by atoms with Gasteiger partial charge in [0, 0.05) is 24.7 Å². The van der Waals surface area contributed by atoms with Crippen molar-refractivity contribution in [2.45, 2.75) is 26.8 Å². The van der Waals surface area contributed by atoms with Crippen LogP contribution in [0.4, 0.5) is 5.69 Å². The summed E-state index contributed by atoms with van der Waals surface area (Å²) in [6, 6.07) is 15.2. The standard InChI is InChI=1S/C20H24N2O3/c1-4-16-9-5-7-11-18(16)21-20(24)14-22(15(2)23)13-17-10-6-8-12-19(17)25-3/h5-12H,4,13-14H2,1-3H3,(H,21,24). The van der Waals surface area contributed by atoms with Gasteiger partial charge in [-0.15, -0.1) is 0 Å². The Morgan fingerprint density at radius 2 is 1.68 bits per heavy atom. The van der Waals surface area contributed by atoms with E-state index in [0.29, 0.717) is 12.3 Å². The van der Waals surface area contributed by atoms with Gasteiger partial charge in [0.2, 0.25) is 11.8 Å². The predicted octanol–water partition coefficient (Wildman–Crippen LogP) is 3.24. The quantitative estimate of drug-likeness (QED) is 0.842. The number of methoxy groups -OCH3 is 1. The average Bonchev–Trinajstić information content (AvgIpc) is 2.62. The van der Waals surface area contributed by atoms with E-state index in [1.807, 2.05) is 55.5 Å². The number of hydrogen-bond donors (Lipinski definition) is 1. The van der Waals surface area contributed by atoms with Gasteiger partial charge < -0.3 is 15.0 Å². The Kier molecular flexibility index (Phi) is 6.57. The maximum atomic E-state index is 12.4. The maximum absolute atomic E-state index is 12.4. The lowest BCUT2D eigenvalue weighted by Crippen LogP contribution is -2.36. The van der Waals surface area contributed by atoms with Crippen LogP contribution in [-0.4, -0.2) is 30.4 Å². The van der Waals surface area contributed by atoms with E-state index in [-0.39, 0.29) is 18.4 Å². The van der Waals surface area contributed by atoms with Gasteiger partial charge in [0.05, 0.1) is 7.11 Å². The number of aryl methyl sites for hydroxylation is 1. The lowest BCUT2D eigenvalue weighted by Gasteiger charge is -2.22. The largest absolute Gasteiger partial charge is 0.496 e. The van der Waals surface area contributed by atoms with E-state index in [9.17, 15) is 9.59 Å². The third-order valence-corrected chi connectivity index (χ3v) is 4.01. The number of nitrogens with one attached hydrogen (secondary N) is 1. The van der Waals surface area contributed by atoms with Crippen molar-refractivity contribution < 1.29 is 14.3 Å². The molecule has 2 aromatic carbocycles. The fourth-order valence-corrected chi connectivity index (χ4v) is 2.63. The Bertz CT molecular complexity index is 743. The number of para-hydroxylation sites is 2. The van der Waals surface area contributed by atoms with E-state index in [1.54, 1.807) is 7.11 Å². The molecular formula is C20H24N2O3. The van der Waals surface area contributed by atoms with Crippen LogP contribution in [-0.2, 0) is 22.6 Å². The minimum atomic E-state index is -0.217. The van der Waals surface area contributed by atoms with E-state index in [2.05, 4.69) is 5.32 Å². The second kappa shape index (κ2) is 8.87. The van der Waals surface area contributed by atoms with Crippen LogP contribution in [0, 0.1) is 0 Å². The van der Waals surface area contributed by atoms with Gasteiger partial charge in [-0.3, -0.25) is 9.59 Å². The van der Waals surface area contributed by atoms with Gasteiger partial charge in [-0.05, 0) is 24.1 Å². The monoisotopic (exact) mass is 340 g/mol. The van der Waals surface area contributed by atoms with E-state index in [1.165, 1.54) is 11.8 Å². The van der Waals surface area contributed by atoms with Crippen molar-refractivity contribution in [2.24, 2.45) is 0 Å². The molecule has 0 saturated carbocycles. The minimum absolute atomic E-state index is 0.00850. The SMILES string of the molecule is CCc1ccccc1NC(=O)CN(Cc1ccccc1OC)C(C)=O. The molecule has 1 N–H and O–H groups in total. The van der Waals surface area contributed by atoms with Gasteiger partial charge in [0.25, 0.3) is 0 Å². The normalized spacial score (nSPS) is 10.2. The second-order valence-corrected chi connectivity index (χ2v) is 5.75. The molecule has 0 aliphatic heterocycles. The number of amides is 2. The van der Waals surface area contributed by atoms with Crippen LogP contribution in [0.5, 0.6) is 5.75 Å². The number of ether oxygens (including phenoxy) is 1. The lowest BCUT2D eigenvalue weighted by atomic mass is 10.1. The second-order valence-electron chi connectivity index (χ2n) is 5.75. The molecule has 2 amide bonds. The number of carbonyl (C=O) groups excluding carboxylic acids is 2. The van der Waals surface area contributed by atoms with Crippen molar-refractivity contribution in [2.75, 3.05) is 19.0 Å². The smallest absolute Gasteiger partial charge is 0.244 e. The van der Waals surface area contributed by atoms with Crippen LogP contribution < -0.4 is 10.1 Å². The molecule has 0 aliphatic rings. The molecule has 132 valence electrons. The van der Waals surface area contributed by atoms with Crippen LogP contribution in [0.25, 0.3) is 0 Å². The summed E-state index contributed by atoms with van der Waals surface area (Å²) < 4.78 is 5.32. The molecule has 0 aliphatic carbocycles. The zero-order valence-corrected chi connectivity index (χ0v) is 14.9. The molecule has 0 unspecified atom stereocenters. The molecule has 5 heteroatoms. The first-order valence-electron chi connectivity index (χ1n) is 8.30. The highest BCUT2D eigenvalue weighted by Crippen LogP contribution is 2.20. The van der Waals surface area contributed by atoms with E-state index in [4.69, 9.17) is 4.74 Å². The molecule has 0 saturated heterocycles. The Labute approximate surface area is 148 Å². The average molecular weight is 340 g/mol. The van der Waals surface area contributed by atoms with Crippen LogP contribution in [0.2, 0.25) is 0 Å². The first-order valence-corrected chi connectivity index (χ1v) is 8.30. The van der Waals surface area contributed by atoms with Crippen molar-refractivity contribution in [3.8, 4) is 5.75 Å². The summed E-state index contributed by atoms with van der Waals surface area (Å²) in [5.74, 6) is 0.321. The number of rotatable bonds is 7. The summed E-state index contributed by atoms with van der Waals surface area (Å²) in [5.41, 5.74) is 2.72. The molecule has 0 fully saturated rings. The third kappa shape index (κ3) is 5.08. The number of benzene rings is 2. The van der Waals surface area contributed by atoms with E-state index in [0.717, 1.165) is 23.2 Å². The zero-order valence-electron chi connectivity index (χ0n) is 14.9. The number of hydrogen-bond acceptors (Lipinski definition) is 3. The van der Waals surface area contributed by atoms with Gasteiger partial charge >= 0.3 is 0 Å². The van der Waals surface area contributed by atoms with Crippen LogP contribution in [0.15, 0.2) is 48.5 Å². The van der Waals surface area contributed by atoms with Crippen molar-refractivity contribution in [3.05, 3.63) is 59.7 Å². The molecular weight excluding hydrogens is 316 g/mol. The highest BCUT2D eigenvalue weighted by Gasteiger charge is 2.16. The number of nitrogens with zero attached hydrogens (tertiary/aromatic N) is 1. The van der Waals surface area contributed by atoms with Crippen molar-refractivity contribution in [1.82, 2.24) is 4.90 Å². The fourth-order valence-electron chi connectivity index (χ4n) is 2.63. The van der Waals surface area contributed by atoms with Crippen molar-refractivity contribution in [3.63, 3.8) is 0 Å². The molecule has 5 nitrogen and oxygen atoms in total. The Morgan fingerprint density at radius 1 is 1.04 bits per heavy atom. The summed E-state index contributed by atoms with van der Waals surface area (Å²) >= 11 is 0. The summed E-state index contributed by atoms with van der Waals surface area (Å²) in [6.45, 7) is 3.81. The molecule has 0 aromatic heterocycles. The molecule has 2 rings (SSSR count). The highest BCUT2D eigenvalue weighted by molar-refractivity contribution is 5.94. The van der Waals surface area contributed by atoms with Gasteiger partial charge in [-0.2, -0.15) is 0 Å². The van der Waals surface area contributed by atoms with Gasteiger partial charge in [-0.1, -0.05) is 43.3 Å². The minimum Gasteiger partial charge on any atom is -0.496 e. The van der Waals surface area contributed by atoms with E-state index < -0.39 is 0 Å². The summed E-state index contributed by atoms with van der Waals surface area (Å²) in [4.78, 5) is 25.9. The van der Waals surface area contributed by atoms with Crippen LogP contribution >= 0.6 is 0 Å². The Balaban J connectivity index is 2.08. The van der Waals surface area contributed by atoms with Gasteiger partial charge in [-0.25, -0.2) is 0 Å². The summed E-state index contributed by atoms with van der Waals surface area (Å²) in [7, 11) is 1.59. The van der Waals surface area contributed by atoms with E-state index >= 15 is 0 Å². The van der Waals surface area contributed by atoms with Crippen LogP contribution in [0.1, 0.15) is 25.0 Å². The van der Waals surface area contributed by atoms with Gasteiger partial charge in [0.15, 0.2) is 0 Å². The molecule has 0 radical (unpaired) electrons. The first kappa shape index (κ1) is 18.5. The van der Waals surface area contributed by atoms with Gasteiger partial charge in [0.1, 0.15) is 12.3 Å². The number of carbonyl (C=O) groups is 2. The van der Waals surface area contributed by atoms with Crippen molar-refractivity contribution in [1.29, 1.82) is 0 Å². The molecule has 2 aromatic rings. The molecule has 0 atom stereocenters. The highest BCUT2D eigenvalue weighted by atomic mass is 16.5. The lowest BCUT2D eigenvalue weighted by molar-refractivity contribution is -0.133. The Morgan fingerprint density at radius 3 is 2.32 bits per heavy atom. The topological polar surface area (TPSA) is 58.6 Å². The molecule has 0 spiro atoms. The molecule has 0 bridgehead atoms. The first-order chi connectivity index (χ1) is 12.0. The fraction of sp³-hybridized carbons (Fsp3) is 0.300. The Hall–Kier alpha value is -2.82. The summed E-state index contributed by atoms with van der Waals surface area (Å²) in [6.07, 6.45) is 0.827. The predicted molar refractivity (Wildman–Crippen MR) is 98.5 cm³/mol. The zero-order chi connectivity index (χ0) is 18.2. The van der Waals surface area contributed by atoms with Crippen LogP contribution in [0.3, 0.4) is 0 Å². The third-order valence-electron chi connectivity index (χ3n) is 4.01.